The minimum absolute atomic E-state index is 1.10. The highest BCUT2D eigenvalue weighted by molar-refractivity contribution is 5.90. The average Bonchev–Trinajstić information content (AvgIpc) is 2.95. The van der Waals surface area contributed by atoms with Gasteiger partial charge >= 0.3 is 0 Å². The van der Waals surface area contributed by atoms with Gasteiger partial charge in [0, 0.05) is 17.1 Å². The van der Waals surface area contributed by atoms with Crippen LogP contribution in [0.3, 0.4) is 0 Å². The highest BCUT2D eigenvalue weighted by atomic mass is 15.1. The van der Waals surface area contributed by atoms with Crippen LogP contribution < -0.4 is 4.90 Å². The molecule has 174 valence electrons. The third kappa shape index (κ3) is 4.48. The second-order valence-corrected chi connectivity index (χ2v) is 9.47. The second-order valence-electron chi connectivity index (χ2n) is 9.47. The number of aryl methyl sites for hydroxylation is 1. The number of rotatable bonds is 5. The zero-order valence-corrected chi connectivity index (χ0v) is 20.6. The van der Waals surface area contributed by atoms with Gasteiger partial charge < -0.3 is 4.90 Å². The Morgan fingerprint density at radius 2 is 1.22 bits per heavy atom. The molecule has 0 amide bonds. The van der Waals surface area contributed by atoms with Gasteiger partial charge in [0.25, 0.3) is 0 Å². The summed E-state index contributed by atoms with van der Waals surface area (Å²) in [6, 6.07) is 41.8. The van der Waals surface area contributed by atoms with Crippen LogP contribution in [0.25, 0.3) is 27.5 Å². The summed E-state index contributed by atoms with van der Waals surface area (Å²) in [5.74, 6) is 0. The molecule has 1 heteroatoms. The van der Waals surface area contributed by atoms with Gasteiger partial charge in [0.05, 0.1) is 0 Å². The Morgan fingerprint density at radius 3 is 1.97 bits per heavy atom. The van der Waals surface area contributed by atoms with Crippen LogP contribution in [-0.4, -0.2) is 0 Å². The Kier molecular flexibility index (Phi) is 5.97. The van der Waals surface area contributed by atoms with Crippen molar-refractivity contribution in [3.05, 3.63) is 145 Å². The van der Waals surface area contributed by atoms with E-state index in [0.29, 0.717) is 0 Å². The van der Waals surface area contributed by atoms with Gasteiger partial charge in [0.2, 0.25) is 0 Å². The molecule has 0 heterocycles. The van der Waals surface area contributed by atoms with E-state index in [-0.39, 0.29) is 0 Å². The fourth-order valence-corrected chi connectivity index (χ4v) is 4.96. The van der Waals surface area contributed by atoms with E-state index in [0.717, 1.165) is 29.9 Å². The standard InChI is InChI=1S/C35H29N/c1-26-14-16-29(17-15-26)30-18-21-33(22-19-30)36(35-23-20-28-10-5-6-11-31(28)25-35)34-13-7-12-32(24-34)27-8-3-2-4-9-27/h3,5-25H,2,4H2,1H3. The van der Waals surface area contributed by atoms with E-state index in [2.05, 4.69) is 145 Å². The predicted octanol–water partition coefficient (Wildman–Crippen LogP) is 10.0. The van der Waals surface area contributed by atoms with Crippen LogP contribution in [0.15, 0.2) is 133 Å². The summed E-state index contributed by atoms with van der Waals surface area (Å²) in [5.41, 5.74) is 9.76. The summed E-state index contributed by atoms with van der Waals surface area (Å²) in [6.45, 7) is 2.13. The molecule has 1 nitrogen and oxygen atoms in total. The molecule has 0 fully saturated rings. The molecular formula is C35H29N. The van der Waals surface area contributed by atoms with Crippen molar-refractivity contribution in [2.24, 2.45) is 0 Å². The van der Waals surface area contributed by atoms with Crippen molar-refractivity contribution in [1.82, 2.24) is 0 Å². The van der Waals surface area contributed by atoms with Crippen LogP contribution in [0.4, 0.5) is 17.1 Å². The summed E-state index contributed by atoms with van der Waals surface area (Å²) in [7, 11) is 0. The predicted molar refractivity (Wildman–Crippen MR) is 155 cm³/mol. The van der Waals surface area contributed by atoms with Crippen molar-refractivity contribution in [1.29, 1.82) is 0 Å². The molecular weight excluding hydrogens is 434 g/mol. The lowest BCUT2D eigenvalue weighted by atomic mass is 9.98. The van der Waals surface area contributed by atoms with E-state index < -0.39 is 0 Å². The minimum atomic E-state index is 1.10. The first kappa shape index (κ1) is 22.1. The highest BCUT2D eigenvalue weighted by Crippen LogP contribution is 2.38. The molecule has 5 aromatic rings. The molecule has 0 aliphatic heterocycles. The van der Waals surface area contributed by atoms with Crippen LogP contribution in [0.5, 0.6) is 0 Å². The van der Waals surface area contributed by atoms with Gasteiger partial charge in [-0.25, -0.2) is 0 Å². The average molecular weight is 464 g/mol. The Labute approximate surface area is 213 Å². The Hall–Kier alpha value is -4.36. The lowest BCUT2D eigenvalue weighted by molar-refractivity contribution is 1.04. The molecule has 0 bridgehead atoms. The number of hydrogen-bond acceptors (Lipinski definition) is 1. The van der Waals surface area contributed by atoms with Gasteiger partial charge in [-0.15, -0.1) is 0 Å². The van der Waals surface area contributed by atoms with E-state index in [4.69, 9.17) is 0 Å². The van der Waals surface area contributed by atoms with Gasteiger partial charge in [-0.05, 0) is 89.2 Å². The van der Waals surface area contributed by atoms with Gasteiger partial charge in [0.15, 0.2) is 0 Å². The molecule has 0 atom stereocenters. The maximum Gasteiger partial charge on any atom is 0.0468 e. The fraction of sp³-hybridized carbons (Fsp3) is 0.0857. The first-order valence-electron chi connectivity index (χ1n) is 12.7. The Balaban J connectivity index is 1.45. The quantitative estimate of drug-likeness (QED) is 0.251. The van der Waals surface area contributed by atoms with Crippen molar-refractivity contribution < 1.29 is 0 Å². The lowest BCUT2D eigenvalue weighted by Crippen LogP contribution is -2.10. The molecule has 0 saturated carbocycles. The van der Waals surface area contributed by atoms with Gasteiger partial charge in [-0.1, -0.05) is 103 Å². The van der Waals surface area contributed by atoms with Gasteiger partial charge in [-0.3, -0.25) is 0 Å². The van der Waals surface area contributed by atoms with Crippen molar-refractivity contribution in [3.63, 3.8) is 0 Å². The molecule has 6 rings (SSSR count). The molecule has 0 spiro atoms. The molecule has 0 N–H and O–H groups in total. The molecule has 36 heavy (non-hydrogen) atoms. The molecule has 1 aliphatic carbocycles. The number of nitrogens with zero attached hydrogens (tertiary/aromatic N) is 1. The summed E-state index contributed by atoms with van der Waals surface area (Å²) in [6.07, 6.45) is 9.09. The van der Waals surface area contributed by atoms with Crippen molar-refractivity contribution in [2.45, 2.75) is 19.8 Å². The number of benzene rings is 5. The van der Waals surface area contributed by atoms with Crippen molar-refractivity contribution >= 4 is 33.4 Å². The normalized spacial score (nSPS) is 13.0. The van der Waals surface area contributed by atoms with Crippen molar-refractivity contribution in [2.75, 3.05) is 4.90 Å². The van der Waals surface area contributed by atoms with Crippen molar-refractivity contribution in [3.8, 4) is 11.1 Å². The monoisotopic (exact) mass is 463 g/mol. The zero-order valence-electron chi connectivity index (χ0n) is 20.6. The van der Waals surface area contributed by atoms with Crippen LogP contribution in [0.2, 0.25) is 0 Å². The molecule has 0 radical (unpaired) electrons. The van der Waals surface area contributed by atoms with Gasteiger partial charge in [0.1, 0.15) is 0 Å². The van der Waals surface area contributed by atoms with Crippen LogP contribution in [0, 0.1) is 6.92 Å². The van der Waals surface area contributed by atoms with Crippen LogP contribution >= 0.6 is 0 Å². The maximum atomic E-state index is 2.36. The number of hydrogen-bond donors (Lipinski definition) is 0. The third-order valence-electron chi connectivity index (χ3n) is 6.93. The number of fused-ring (bicyclic) bond motifs is 1. The van der Waals surface area contributed by atoms with Gasteiger partial charge in [-0.2, -0.15) is 0 Å². The Bertz CT molecular complexity index is 1570. The van der Waals surface area contributed by atoms with E-state index in [9.17, 15) is 0 Å². The second kappa shape index (κ2) is 9.71. The van der Waals surface area contributed by atoms with E-state index in [1.54, 1.807) is 0 Å². The first-order valence-corrected chi connectivity index (χ1v) is 12.7. The summed E-state index contributed by atoms with van der Waals surface area (Å²) in [5, 5.41) is 2.49. The Morgan fingerprint density at radius 1 is 0.528 bits per heavy atom. The molecule has 5 aromatic carbocycles. The topological polar surface area (TPSA) is 3.24 Å². The lowest BCUT2D eigenvalue weighted by Gasteiger charge is -2.27. The summed E-state index contributed by atoms with van der Waals surface area (Å²) >= 11 is 0. The van der Waals surface area contributed by atoms with Crippen LogP contribution in [-0.2, 0) is 0 Å². The van der Waals surface area contributed by atoms with E-state index >= 15 is 0 Å². The molecule has 0 unspecified atom stereocenters. The smallest absolute Gasteiger partial charge is 0.0468 e. The number of allylic oxidation sites excluding steroid dienone is 4. The summed E-state index contributed by atoms with van der Waals surface area (Å²) in [4.78, 5) is 2.36. The fourth-order valence-electron chi connectivity index (χ4n) is 4.96. The summed E-state index contributed by atoms with van der Waals surface area (Å²) < 4.78 is 0. The molecule has 0 aromatic heterocycles. The van der Waals surface area contributed by atoms with E-state index in [1.807, 2.05) is 0 Å². The largest absolute Gasteiger partial charge is 0.310 e. The highest BCUT2D eigenvalue weighted by Gasteiger charge is 2.15. The minimum Gasteiger partial charge on any atom is -0.310 e. The SMILES string of the molecule is Cc1ccc(-c2ccc(N(c3cccc(C4=CCCC=C4)c3)c3ccc4ccccc4c3)cc2)cc1. The van der Waals surface area contributed by atoms with Crippen LogP contribution in [0.1, 0.15) is 24.0 Å². The number of anilines is 3. The van der Waals surface area contributed by atoms with E-state index in [1.165, 1.54) is 38.6 Å². The molecule has 0 saturated heterocycles. The zero-order chi connectivity index (χ0) is 24.3. The first-order chi connectivity index (χ1) is 17.7. The maximum absolute atomic E-state index is 2.36. The molecule has 1 aliphatic rings. The third-order valence-corrected chi connectivity index (χ3v) is 6.93.